The molecule has 0 saturated heterocycles. The van der Waals surface area contributed by atoms with Crippen molar-refractivity contribution in [1.82, 2.24) is 15.2 Å². The molecule has 2 aromatic carbocycles. The van der Waals surface area contributed by atoms with Crippen molar-refractivity contribution in [2.45, 2.75) is 84.2 Å². The summed E-state index contributed by atoms with van der Waals surface area (Å²) in [6, 6.07) is 19.0. The summed E-state index contributed by atoms with van der Waals surface area (Å²) >= 11 is 0. The van der Waals surface area contributed by atoms with Crippen LogP contribution in [-0.2, 0) is 22.3 Å². The van der Waals surface area contributed by atoms with Crippen molar-refractivity contribution in [2.75, 3.05) is 5.32 Å². The number of nitrogens with zero attached hydrogens (tertiary/aromatic N) is 1. The van der Waals surface area contributed by atoms with E-state index in [1.807, 2.05) is 51.1 Å². The fourth-order valence-electron chi connectivity index (χ4n) is 4.44. The highest BCUT2D eigenvalue weighted by atomic mass is 28.4. The first-order valence-electron chi connectivity index (χ1n) is 14.8. The second kappa shape index (κ2) is 14.5. The van der Waals surface area contributed by atoms with Crippen LogP contribution in [0.15, 0.2) is 77.6 Å². The molecule has 8 nitrogen and oxygen atoms in total. The third-order valence-corrected chi connectivity index (χ3v) is 12.5. The Hall–Kier alpha value is -3.90. The molecule has 12 heteroatoms. The van der Waals surface area contributed by atoms with Gasteiger partial charge in [-0.2, -0.15) is 13.2 Å². The number of aromatic nitrogens is 1. The van der Waals surface area contributed by atoms with Crippen LogP contribution in [0.4, 0.5) is 23.7 Å². The normalized spacial score (nSPS) is 13.7. The first-order valence-corrected chi connectivity index (χ1v) is 17.7. The number of carbonyl (C=O) groups excluding carboxylic acids is 2. The van der Waals surface area contributed by atoms with Crippen molar-refractivity contribution in [2.24, 2.45) is 5.92 Å². The lowest BCUT2D eigenvalue weighted by Gasteiger charge is -2.42. The molecule has 1 aromatic heterocycles. The van der Waals surface area contributed by atoms with Gasteiger partial charge in [-0.1, -0.05) is 95.3 Å². The van der Waals surface area contributed by atoms with Gasteiger partial charge in [-0.25, -0.2) is 4.79 Å². The number of amides is 3. The van der Waals surface area contributed by atoms with Crippen LogP contribution in [-0.4, -0.2) is 43.1 Å². The van der Waals surface area contributed by atoms with Crippen molar-refractivity contribution < 1.29 is 27.2 Å². The Morgan fingerprint density at radius 2 is 1.49 bits per heavy atom. The minimum Gasteiger partial charge on any atom is -0.404 e. The molecule has 3 aromatic rings. The van der Waals surface area contributed by atoms with Gasteiger partial charge in [0.15, 0.2) is 14.4 Å². The summed E-state index contributed by atoms with van der Waals surface area (Å²) in [7, 11) is -2.90. The summed E-state index contributed by atoms with van der Waals surface area (Å²) in [5, 5.41) is 7.24. The van der Waals surface area contributed by atoms with Crippen LogP contribution < -0.4 is 21.5 Å². The Balaban J connectivity index is 1.92. The highest BCUT2D eigenvalue weighted by Crippen LogP contribution is 2.41. The first kappa shape index (κ1) is 35.6. The lowest BCUT2D eigenvalue weighted by molar-refractivity contribution is -0.210. The van der Waals surface area contributed by atoms with E-state index in [4.69, 9.17) is 4.43 Å². The van der Waals surface area contributed by atoms with Gasteiger partial charge in [0.1, 0.15) is 12.2 Å². The average molecular weight is 645 g/mol. The molecule has 0 aliphatic heterocycles. The average Bonchev–Trinajstić information content (AvgIpc) is 2.95. The largest absolute Gasteiger partial charge is 0.415 e. The van der Waals surface area contributed by atoms with E-state index in [1.165, 1.54) is 6.07 Å². The van der Waals surface area contributed by atoms with Gasteiger partial charge in [0.05, 0.1) is 11.7 Å². The fraction of sp³-hybridized carbons (Fsp3) is 0.424. The van der Waals surface area contributed by atoms with E-state index in [0.29, 0.717) is 11.3 Å². The maximum absolute atomic E-state index is 14.5. The third-order valence-electron chi connectivity index (χ3n) is 8.01. The minimum atomic E-state index is -4.75. The van der Waals surface area contributed by atoms with E-state index in [-0.39, 0.29) is 12.2 Å². The summed E-state index contributed by atoms with van der Waals surface area (Å²) in [5.41, 5.74) is 1.04. The molecule has 0 saturated carbocycles. The van der Waals surface area contributed by atoms with Crippen LogP contribution in [0.25, 0.3) is 11.3 Å². The van der Waals surface area contributed by atoms with E-state index < -0.39 is 61.6 Å². The predicted octanol–water partition coefficient (Wildman–Crippen LogP) is 6.93. The number of urea groups is 1. The van der Waals surface area contributed by atoms with Crippen LogP contribution in [0, 0.1) is 5.92 Å². The Morgan fingerprint density at radius 3 is 2.02 bits per heavy atom. The number of hydrogen-bond acceptors (Lipinski definition) is 4. The number of carbonyl (C=O) groups is 2. The highest BCUT2D eigenvalue weighted by Gasteiger charge is 2.52. The molecule has 0 fully saturated rings. The van der Waals surface area contributed by atoms with Crippen molar-refractivity contribution in [3.8, 4) is 11.3 Å². The van der Waals surface area contributed by atoms with Gasteiger partial charge in [-0.15, -0.1) is 0 Å². The lowest BCUT2D eigenvalue weighted by atomic mass is 9.98. The maximum atomic E-state index is 14.5. The standard InChI is InChI=1S/C33H43F3N4O4Si/c1-22(2)28(29(33(34,35)36)44-45(6,7)32(3,4)5)39-27(41)21-40-26(24-16-12-9-13-17-24)19-18-25(30(40)42)38-31(43)37-20-23-14-10-8-11-15-23/h8-19,22,28-29H,20-21H2,1-7H3,(H,39,41)(H2,37,38,43). The Kier molecular flexibility index (Phi) is 11.4. The molecular formula is C33H43F3N4O4Si. The third kappa shape index (κ3) is 9.54. The second-order valence-electron chi connectivity index (χ2n) is 12.9. The van der Waals surface area contributed by atoms with E-state index in [2.05, 4.69) is 16.0 Å². The summed E-state index contributed by atoms with van der Waals surface area (Å²) in [4.78, 5) is 39.8. The van der Waals surface area contributed by atoms with Crippen LogP contribution in [0.1, 0.15) is 40.2 Å². The smallest absolute Gasteiger partial charge is 0.404 e. The van der Waals surface area contributed by atoms with Gasteiger partial charge in [0.2, 0.25) is 5.91 Å². The van der Waals surface area contributed by atoms with E-state index in [1.54, 1.807) is 63.3 Å². The Labute approximate surface area is 263 Å². The number of nitrogens with one attached hydrogen (secondary N) is 3. The molecular weight excluding hydrogens is 601 g/mol. The van der Waals surface area contributed by atoms with Gasteiger partial charge < -0.3 is 20.4 Å². The second-order valence-corrected chi connectivity index (χ2v) is 17.6. The predicted molar refractivity (Wildman–Crippen MR) is 173 cm³/mol. The molecule has 244 valence electrons. The number of pyridine rings is 1. The SMILES string of the molecule is CC(C)C(NC(=O)Cn1c(-c2ccccc2)ccc(NC(=O)NCc2ccccc2)c1=O)C(O[Si](C)(C)C(C)(C)C)C(F)(F)F. The molecule has 3 rings (SSSR count). The van der Waals surface area contributed by atoms with Crippen molar-refractivity contribution in [1.29, 1.82) is 0 Å². The number of rotatable bonds is 11. The topological polar surface area (TPSA) is 101 Å². The number of halogens is 3. The van der Waals surface area contributed by atoms with Crippen LogP contribution >= 0.6 is 0 Å². The number of hydrogen-bond donors (Lipinski definition) is 3. The van der Waals surface area contributed by atoms with E-state index in [9.17, 15) is 27.6 Å². The van der Waals surface area contributed by atoms with Crippen molar-refractivity contribution >= 4 is 25.9 Å². The molecule has 0 spiro atoms. The van der Waals surface area contributed by atoms with Crippen LogP contribution in [0.2, 0.25) is 18.1 Å². The molecule has 45 heavy (non-hydrogen) atoms. The van der Waals surface area contributed by atoms with E-state index >= 15 is 0 Å². The zero-order valence-electron chi connectivity index (χ0n) is 26.8. The van der Waals surface area contributed by atoms with Gasteiger partial charge in [-0.05, 0) is 47.3 Å². The molecule has 0 aliphatic rings. The molecule has 2 atom stereocenters. The molecule has 0 bridgehead atoms. The summed E-state index contributed by atoms with van der Waals surface area (Å²) in [6.45, 7) is 11.8. The summed E-state index contributed by atoms with van der Waals surface area (Å²) < 4.78 is 50.4. The van der Waals surface area contributed by atoms with Crippen LogP contribution in [0.3, 0.4) is 0 Å². The summed E-state index contributed by atoms with van der Waals surface area (Å²) in [5.74, 6) is -1.44. The molecule has 0 aliphatic carbocycles. The van der Waals surface area contributed by atoms with Crippen molar-refractivity contribution in [3.63, 3.8) is 0 Å². The molecule has 3 amide bonds. The molecule has 1 heterocycles. The molecule has 0 radical (unpaired) electrons. The molecule has 2 unspecified atom stereocenters. The monoisotopic (exact) mass is 644 g/mol. The molecule has 3 N–H and O–H groups in total. The summed E-state index contributed by atoms with van der Waals surface area (Å²) in [6.07, 6.45) is -6.99. The number of alkyl halides is 3. The van der Waals surface area contributed by atoms with Gasteiger partial charge in [0.25, 0.3) is 5.56 Å². The van der Waals surface area contributed by atoms with E-state index in [0.717, 1.165) is 10.1 Å². The zero-order chi connectivity index (χ0) is 33.6. The highest BCUT2D eigenvalue weighted by molar-refractivity contribution is 6.74. The van der Waals surface area contributed by atoms with Gasteiger partial charge in [-0.3, -0.25) is 14.2 Å². The quantitative estimate of drug-likeness (QED) is 0.197. The van der Waals surface area contributed by atoms with Crippen molar-refractivity contribution in [3.05, 3.63) is 88.7 Å². The number of anilines is 1. The first-order chi connectivity index (χ1) is 20.9. The minimum absolute atomic E-state index is 0.0946. The zero-order valence-corrected chi connectivity index (χ0v) is 27.8. The van der Waals surface area contributed by atoms with Gasteiger partial charge >= 0.3 is 12.2 Å². The van der Waals surface area contributed by atoms with Gasteiger partial charge in [0, 0.05) is 6.54 Å². The Bertz CT molecular complexity index is 1500. The lowest BCUT2D eigenvalue weighted by Crippen LogP contribution is -2.59. The fourth-order valence-corrected chi connectivity index (χ4v) is 5.71. The van der Waals surface area contributed by atoms with Crippen LogP contribution in [0.5, 0.6) is 0 Å². The Morgan fingerprint density at radius 1 is 0.911 bits per heavy atom. The maximum Gasteiger partial charge on any atom is 0.415 e. The number of benzene rings is 2.